The summed E-state index contributed by atoms with van der Waals surface area (Å²) in [4.78, 5) is 32.8. The van der Waals surface area contributed by atoms with Gasteiger partial charge in [-0.05, 0) is 22.4 Å². The quantitative estimate of drug-likeness (QED) is 0.332. The van der Waals surface area contributed by atoms with Gasteiger partial charge in [0.05, 0.1) is 5.69 Å². The summed E-state index contributed by atoms with van der Waals surface area (Å²) in [5.74, 6) is -0.556. The van der Waals surface area contributed by atoms with E-state index >= 15 is 0 Å². The number of nitrogens with one attached hydrogen (secondary N) is 3. The van der Waals surface area contributed by atoms with E-state index in [9.17, 15) is 9.59 Å². The van der Waals surface area contributed by atoms with Gasteiger partial charge in [0.1, 0.15) is 6.04 Å². The second-order valence-corrected chi connectivity index (χ2v) is 8.73. The Hall–Kier alpha value is -3.97. The first-order valence-corrected chi connectivity index (χ1v) is 11.5. The van der Waals surface area contributed by atoms with Crippen molar-refractivity contribution < 1.29 is 9.59 Å². The van der Waals surface area contributed by atoms with E-state index in [4.69, 9.17) is 0 Å². The fourth-order valence-corrected chi connectivity index (χ4v) is 4.78. The summed E-state index contributed by atoms with van der Waals surface area (Å²) < 4.78 is 0. The number of para-hydroxylation sites is 1. The number of carbonyl (C=O) groups excluding carboxylic acids is 2. The predicted octanol–water partition coefficient (Wildman–Crippen LogP) is 5.13. The third kappa shape index (κ3) is 4.36. The van der Waals surface area contributed by atoms with Crippen molar-refractivity contribution in [2.24, 2.45) is 0 Å². The molecule has 0 aliphatic heterocycles. The number of anilines is 1. The SMILES string of the molecule is CC(=O)NC(Cc1c[nH]c2ccccc12)C(=O)Nc1nc(-c2cccc3ccccc23)cs1. The van der Waals surface area contributed by atoms with Gasteiger partial charge in [0.25, 0.3) is 0 Å². The average Bonchev–Trinajstić information content (AvgIpc) is 3.45. The zero-order valence-electron chi connectivity index (χ0n) is 18.0. The van der Waals surface area contributed by atoms with E-state index in [0.717, 1.165) is 38.5 Å². The Balaban J connectivity index is 1.38. The van der Waals surface area contributed by atoms with Gasteiger partial charge in [0.15, 0.2) is 5.13 Å². The van der Waals surface area contributed by atoms with Gasteiger partial charge in [-0.25, -0.2) is 4.98 Å². The van der Waals surface area contributed by atoms with Gasteiger partial charge in [-0.15, -0.1) is 11.3 Å². The lowest BCUT2D eigenvalue weighted by Gasteiger charge is -2.16. The van der Waals surface area contributed by atoms with Crippen LogP contribution in [0.5, 0.6) is 0 Å². The number of hydrogen-bond acceptors (Lipinski definition) is 4. The normalized spacial score (nSPS) is 12.0. The van der Waals surface area contributed by atoms with Gasteiger partial charge in [-0.1, -0.05) is 60.7 Å². The smallest absolute Gasteiger partial charge is 0.249 e. The van der Waals surface area contributed by atoms with Crippen LogP contribution in [0, 0.1) is 0 Å². The molecule has 0 saturated carbocycles. The maximum absolute atomic E-state index is 13.1. The molecule has 0 radical (unpaired) electrons. The number of fused-ring (bicyclic) bond motifs is 2. The lowest BCUT2D eigenvalue weighted by Crippen LogP contribution is -2.44. The Morgan fingerprint density at radius 2 is 1.76 bits per heavy atom. The van der Waals surface area contributed by atoms with E-state index in [1.54, 1.807) is 0 Å². The number of aromatic nitrogens is 2. The number of hydrogen-bond donors (Lipinski definition) is 3. The van der Waals surface area contributed by atoms with Gasteiger partial charge in [-0.3, -0.25) is 9.59 Å². The summed E-state index contributed by atoms with van der Waals surface area (Å²) in [5, 5.41) is 11.4. The third-order valence-corrected chi connectivity index (χ3v) is 6.35. The highest BCUT2D eigenvalue weighted by Gasteiger charge is 2.22. The second-order valence-electron chi connectivity index (χ2n) is 7.87. The number of aromatic amines is 1. The number of thiazole rings is 1. The standard InChI is InChI=1S/C26H22N4O2S/c1-16(31)28-23(13-18-14-27-22-12-5-4-10-20(18)22)25(32)30-26-29-24(15-33-26)21-11-6-8-17-7-2-3-9-19(17)21/h2-12,14-15,23,27H,13H2,1H3,(H,28,31)(H,29,30,32). The first kappa shape index (κ1) is 20.9. The summed E-state index contributed by atoms with van der Waals surface area (Å²) >= 11 is 1.37. The monoisotopic (exact) mass is 454 g/mol. The van der Waals surface area contributed by atoms with E-state index in [1.807, 2.05) is 60.1 Å². The third-order valence-electron chi connectivity index (χ3n) is 5.59. The topological polar surface area (TPSA) is 86.9 Å². The summed E-state index contributed by atoms with van der Waals surface area (Å²) in [5.41, 5.74) is 3.78. The Morgan fingerprint density at radius 1 is 1.00 bits per heavy atom. The molecule has 0 aliphatic carbocycles. The maximum atomic E-state index is 13.1. The van der Waals surface area contributed by atoms with Crippen LogP contribution >= 0.6 is 11.3 Å². The Bertz CT molecular complexity index is 1460. The summed E-state index contributed by atoms with van der Waals surface area (Å²) in [6.07, 6.45) is 2.26. The zero-order valence-corrected chi connectivity index (χ0v) is 18.8. The molecule has 2 aromatic heterocycles. The van der Waals surface area contributed by atoms with Crippen LogP contribution < -0.4 is 10.6 Å². The molecule has 0 fully saturated rings. The van der Waals surface area contributed by atoms with Crippen molar-refractivity contribution in [3.05, 3.63) is 83.9 Å². The van der Waals surface area contributed by atoms with Crippen molar-refractivity contribution in [2.75, 3.05) is 5.32 Å². The molecule has 2 amide bonds. The van der Waals surface area contributed by atoms with Crippen molar-refractivity contribution in [2.45, 2.75) is 19.4 Å². The minimum atomic E-state index is -0.716. The van der Waals surface area contributed by atoms with E-state index in [1.165, 1.54) is 18.3 Å². The minimum absolute atomic E-state index is 0.259. The molecule has 0 aliphatic rings. The molecule has 164 valence electrons. The highest BCUT2D eigenvalue weighted by molar-refractivity contribution is 7.14. The van der Waals surface area contributed by atoms with Crippen molar-refractivity contribution in [1.82, 2.24) is 15.3 Å². The van der Waals surface area contributed by atoms with E-state index < -0.39 is 6.04 Å². The molecule has 0 saturated heterocycles. The largest absolute Gasteiger partial charge is 0.361 e. The molecule has 1 atom stereocenters. The molecule has 7 heteroatoms. The Morgan fingerprint density at radius 3 is 2.61 bits per heavy atom. The zero-order chi connectivity index (χ0) is 22.8. The fourth-order valence-electron chi connectivity index (χ4n) is 4.07. The molecule has 5 rings (SSSR count). The Kier molecular flexibility index (Phi) is 5.62. The number of carbonyl (C=O) groups is 2. The number of amides is 2. The number of nitrogens with zero attached hydrogens (tertiary/aromatic N) is 1. The first-order valence-electron chi connectivity index (χ1n) is 10.6. The van der Waals surface area contributed by atoms with Crippen LogP contribution in [0.4, 0.5) is 5.13 Å². The molecular formula is C26H22N4O2S. The minimum Gasteiger partial charge on any atom is -0.361 e. The van der Waals surface area contributed by atoms with Crippen molar-refractivity contribution in [3.8, 4) is 11.3 Å². The molecule has 3 N–H and O–H groups in total. The average molecular weight is 455 g/mol. The molecule has 0 spiro atoms. The highest BCUT2D eigenvalue weighted by Crippen LogP contribution is 2.31. The lowest BCUT2D eigenvalue weighted by atomic mass is 10.0. The number of H-pyrrole nitrogens is 1. The number of benzene rings is 3. The summed E-state index contributed by atoms with van der Waals surface area (Å²) in [7, 11) is 0. The molecule has 2 heterocycles. The molecule has 6 nitrogen and oxygen atoms in total. The lowest BCUT2D eigenvalue weighted by molar-refractivity contribution is -0.125. The van der Waals surface area contributed by atoms with Crippen LogP contribution in [0.3, 0.4) is 0 Å². The second kappa shape index (κ2) is 8.88. The van der Waals surface area contributed by atoms with Gasteiger partial charge in [0.2, 0.25) is 11.8 Å². The van der Waals surface area contributed by atoms with Crippen LogP contribution in [0.25, 0.3) is 32.9 Å². The molecule has 5 aromatic rings. The van der Waals surface area contributed by atoms with E-state index in [0.29, 0.717) is 11.6 Å². The summed E-state index contributed by atoms with van der Waals surface area (Å²) in [6.45, 7) is 1.41. The van der Waals surface area contributed by atoms with Crippen molar-refractivity contribution in [3.63, 3.8) is 0 Å². The highest BCUT2D eigenvalue weighted by atomic mass is 32.1. The predicted molar refractivity (Wildman–Crippen MR) is 133 cm³/mol. The van der Waals surface area contributed by atoms with Crippen LogP contribution in [0.1, 0.15) is 12.5 Å². The van der Waals surface area contributed by atoms with Crippen molar-refractivity contribution in [1.29, 1.82) is 0 Å². The molecular weight excluding hydrogens is 432 g/mol. The van der Waals surface area contributed by atoms with Gasteiger partial charge in [0, 0.05) is 41.4 Å². The molecule has 3 aromatic carbocycles. The molecule has 0 bridgehead atoms. The van der Waals surface area contributed by atoms with Crippen LogP contribution in [-0.2, 0) is 16.0 Å². The maximum Gasteiger partial charge on any atom is 0.249 e. The van der Waals surface area contributed by atoms with Crippen LogP contribution in [0.15, 0.2) is 78.3 Å². The van der Waals surface area contributed by atoms with Crippen molar-refractivity contribution >= 4 is 50.0 Å². The number of rotatable bonds is 6. The van der Waals surface area contributed by atoms with Gasteiger partial charge >= 0.3 is 0 Å². The molecule has 1 unspecified atom stereocenters. The fraction of sp³-hybridized carbons (Fsp3) is 0.115. The van der Waals surface area contributed by atoms with Gasteiger partial charge < -0.3 is 15.6 Å². The molecule has 33 heavy (non-hydrogen) atoms. The van der Waals surface area contributed by atoms with Gasteiger partial charge in [-0.2, -0.15) is 0 Å². The van der Waals surface area contributed by atoms with Crippen LogP contribution in [0.2, 0.25) is 0 Å². The van der Waals surface area contributed by atoms with E-state index in [2.05, 4.69) is 38.8 Å². The van der Waals surface area contributed by atoms with Crippen LogP contribution in [-0.4, -0.2) is 27.8 Å². The van der Waals surface area contributed by atoms with E-state index in [-0.39, 0.29) is 11.8 Å². The first-order chi connectivity index (χ1) is 16.1. The summed E-state index contributed by atoms with van der Waals surface area (Å²) in [6, 6.07) is 21.4. The Labute approximate surface area is 194 Å².